The van der Waals surface area contributed by atoms with Crippen LogP contribution in [0.2, 0.25) is 0 Å². The van der Waals surface area contributed by atoms with Gasteiger partial charge in [0.05, 0.1) is 7.11 Å². The van der Waals surface area contributed by atoms with E-state index < -0.39 is 23.8 Å². The van der Waals surface area contributed by atoms with Crippen molar-refractivity contribution in [2.75, 3.05) is 13.7 Å². The Labute approximate surface area is 110 Å². The standard InChI is InChI=1S/C12H20F3NO3/c1-8(12(13,14)15)19-7-5-9-4-3-6-11(9,16)10(17)18-2/h8-9H,3-7,16H2,1-2H3. The molecule has 3 atom stereocenters. The number of alkyl halides is 3. The van der Waals surface area contributed by atoms with Gasteiger partial charge < -0.3 is 15.2 Å². The van der Waals surface area contributed by atoms with Crippen LogP contribution >= 0.6 is 0 Å². The summed E-state index contributed by atoms with van der Waals surface area (Å²) in [6.07, 6.45) is -3.87. The Morgan fingerprint density at radius 3 is 2.68 bits per heavy atom. The van der Waals surface area contributed by atoms with Crippen LogP contribution in [0.25, 0.3) is 0 Å². The lowest BCUT2D eigenvalue weighted by Crippen LogP contribution is -2.52. The minimum Gasteiger partial charge on any atom is -0.468 e. The van der Waals surface area contributed by atoms with E-state index in [1.807, 2.05) is 0 Å². The molecule has 2 N–H and O–H groups in total. The summed E-state index contributed by atoms with van der Waals surface area (Å²) in [5, 5.41) is 0. The first-order valence-electron chi connectivity index (χ1n) is 6.27. The molecule has 4 nitrogen and oxygen atoms in total. The molecule has 1 aliphatic rings. The highest BCUT2D eigenvalue weighted by Gasteiger charge is 2.46. The summed E-state index contributed by atoms with van der Waals surface area (Å²) in [7, 11) is 1.26. The number of hydrogen-bond donors (Lipinski definition) is 1. The highest BCUT2D eigenvalue weighted by Crippen LogP contribution is 2.37. The highest BCUT2D eigenvalue weighted by molar-refractivity contribution is 5.81. The maximum Gasteiger partial charge on any atom is 0.414 e. The smallest absolute Gasteiger partial charge is 0.414 e. The van der Waals surface area contributed by atoms with Gasteiger partial charge in [0.1, 0.15) is 5.54 Å². The average Bonchev–Trinajstić information content (AvgIpc) is 2.70. The third kappa shape index (κ3) is 3.82. The molecule has 3 unspecified atom stereocenters. The van der Waals surface area contributed by atoms with Crippen LogP contribution in [0.15, 0.2) is 0 Å². The summed E-state index contributed by atoms with van der Waals surface area (Å²) in [6.45, 7) is 0.895. The fourth-order valence-electron chi connectivity index (χ4n) is 2.44. The number of hydrogen-bond acceptors (Lipinski definition) is 4. The van der Waals surface area contributed by atoms with Crippen LogP contribution in [-0.2, 0) is 14.3 Å². The van der Waals surface area contributed by atoms with E-state index in [0.717, 1.165) is 13.3 Å². The molecule has 1 saturated carbocycles. The number of carbonyl (C=O) groups excluding carboxylic acids is 1. The van der Waals surface area contributed by atoms with Crippen molar-refractivity contribution in [3.05, 3.63) is 0 Å². The minimum absolute atomic E-state index is 0.0682. The quantitative estimate of drug-likeness (QED) is 0.784. The first kappa shape index (κ1) is 16.2. The summed E-state index contributed by atoms with van der Waals surface area (Å²) in [5.74, 6) is -0.695. The maximum absolute atomic E-state index is 12.3. The molecule has 0 aliphatic heterocycles. The molecule has 19 heavy (non-hydrogen) atoms. The topological polar surface area (TPSA) is 61.5 Å². The van der Waals surface area contributed by atoms with Gasteiger partial charge in [0.15, 0.2) is 6.10 Å². The molecule has 0 saturated heterocycles. The molecule has 0 aromatic carbocycles. The molecule has 0 aromatic rings. The second-order valence-electron chi connectivity index (χ2n) is 4.96. The van der Waals surface area contributed by atoms with Gasteiger partial charge >= 0.3 is 12.1 Å². The fraction of sp³-hybridized carbons (Fsp3) is 0.917. The van der Waals surface area contributed by atoms with E-state index >= 15 is 0 Å². The zero-order chi connectivity index (χ0) is 14.7. The molecular weight excluding hydrogens is 263 g/mol. The third-order valence-electron chi connectivity index (χ3n) is 3.73. The predicted molar refractivity (Wildman–Crippen MR) is 62.4 cm³/mol. The van der Waals surface area contributed by atoms with Gasteiger partial charge in [0.25, 0.3) is 0 Å². The first-order chi connectivity index (χ1) is 8.71. The summed E-state index contributed by atoms with van der Waals surface area (Å²) in [5.41, 5.74) is 4.92. The van der Waals surface area contributed by atoms with Gasteiger partial charge in [-0.15, -0.1) is 0 Å². The van der Waals surface area contributed by atoms with Gasteiger partial charge in [-0.05, 0) is 32.1 Å². The maximum atomic E-state index is 12.3. The summed E-state index contributed by atoms with van der Waals surface area (Å²) in [6, 6.07) is 0. The molecule has 0 amide bonds. The van der Waals surface area contributed by atoms with Crippen LogP contribution < -0.4 is 5.73 Å². The van der Waals surface area contributed by atoms with E-state index in [4.69, 9.17) is 10.5 Å². The minimum atomic E-state index is -4.36. The Morgan fingerprint density at radius 1 is 1.53 bits per heavy atom. The van der Waals surface area contributed by atoms with E-state index in [1.165, 1.54) is 7.11 Å². The monoisotopic (exact) mass is 283 g/mol. The van der Waals surface area contributed by atoms with Crippen LogP contribution in [0.1, 0.15) is 32.6 Å². The van der Waals surface area contributed by atoms with Gasteiger partial charge in [0, 0.05) is 6.61 Å². The SMILES string of the molecule is COC(=O)C1(N)CCCC1CCOC(C)C(F)(F)F. The number of rotatable bonds is 5. The van der Waals surface area contributed by atoms with Crippen molar-refractivity contribution in [3.8, 4) is 0 Å². The zero-order valence-corrected chi connectivity index (χ0v) is 11.1. The first-order valence-corrected chi connectivity index (χ1v) is 6.27. The molecule has 0 heterocycles. The van der Waals surface area contributed by atoms with E-state index in [-0.39, 0.29) is 12.5 Å². The van der Waals surface area contributed by atoms with Gasteiger partial charge in [-0.25, -0.2) is 0 Å². The van der Waals surface area contributed by atoms with Crippen LogP contribution in [-0.4, -0.2) is 37.5 Å². The molecule has 7 heteroatoms. The lowest BCUT2D eigenvalue weighted by atomic mass is 9.86. The van der Waals surface area contributed by atoms with E-state index in [2.05, 4.69) is 4.74 Å². The summed E-state index contributed by atoms with van der Waals surface area (Å²) >= 11 is 0. The Morgan fingerprint density at radius 2 is 2.16 bits per heavy atom. The van der Waals surface area contributed by atoms with Crippen molar-refractivity contribution in [2.24, 2.45) is 11.7 Å². The van der Waals surface area contributed by atoms with Crippen LogP contribution in [0.4, 0.5) is 13.2 Å². The lowest BCUT2D eigenvalue weighted by Gasteiger charge is -2.28. The van der Waals surface area contributed by atoms with Gasteiger partial charge in [-0.1, -0.05) is 6.42 Å². The van der Waals surface area contributed by atoms with Crippen LogP contribution in [0, 0.1) is 5.92 Å². The Hall–Kier alpha value is -0.820. The zero-order valence-electron chi connectivity index (χ0n) is 11.1. The van der Waals surface area contributed by atoms with Crippen molar-refractivity contribution in [1.29, 1.82) is 0 Å². The second-order valence-corrected chi connectivity index (χ2v) is 4.96. The van der Waals surface area contributed by atoms with Crippen LogP contribution in [0.5, 0.6) is 0 Å². The molecule has 112 valence electrons. The van der Waals surface area contributed by atoms with E-state index in [9.17, 15) is 18.0 Å². The predicted octanol–water partition coefficient (Wildman–Crippen LogP) is 2.01. The van der Waals surface area contributed by atoms with Crippen LogP contribution in [0.3, 0.4) is 0 Å². The molecule has 1 rings (SSSR count). The van der Waals surface area contributed by atoms with Crippen molar-refractivity contribution >= 4 is 5.97 Å². The number of methoxy groups -OCH3 is 1. The highest BCUT2D eigenvalue weighted by atomic mass is 19.4. The van der Waals surface area contributed by atoms with Crippen molar-refractivity contribution in [2.45, 2.75) is 50.4 Å². The molecule has 0 spiro atoms. The number of halogens is 3. The molecule has 0 bridgehead atoms. The number of nitrogens with two attached hydrogens (primary N) is 1. The second kappa shape index (κ2) is 6.09. The fourth-order valence-corrected chi connectivity index (χ4v) is 2.44. The normalized spacial score (nSPS) is 29.3. The van der Waals surface area contributed by atoms with Gasteiger partial charge in [-0.2, -0.15) is 13.2 Å². The van der Waals surface area contributed by atoms with Gasteiger partial charge in [-0.3, -0.25) is 4.79 Å². The number of ether oxygens (including phenoxy) is 2. The summed E-state index contributed by atoms with van der Waals surface area (Å²) < 4.78 is 46.2. The largest absolute Gasteiger partial charge is 0.468 e. The average molecular weight is 283 g/mol. The van der Waals surface area contributed by atoms with Crippen molar-refractivity contribution < 1.29 is 27.4 Å². The Kier molecular flexibility index (Phi) is 5.20. The molecule has 0 radical (unpaired) electrons. The third-order valence-corrected chi connectivity index (χ3v) is 3.73. The Bertz CT molecular complexity index is 322. The molecule has 0 aromatic heterocycles. The molecule has 1 fully saturated rings. The number of carbonyl (C=O) groups is 1. The van der Waals surface area contributed by atoms with Crippen molar-refractivity contribution in [3.63, 3.8) is 0 Å². The summed E-state index contributed by atoms with van der Waals surface area (Å²) in [4.78, 5) is 11.6. The van der Waals surface area contributed by atoms with Crippen molar-refractivity contribution in [1.82, 2.24) is 0 Å². The van der Waals surface area contributed by atoms with E-state index in [1.54, 1.807) is 0 Å². The number of esters is 1. The van der Waals surface area contributed by atoms with E-state index in [0.29, 0.717) is 19.3 Å². The lowest BCUT2D eigenvalue weighted by molar-refractivity contribution is -0.215. The molecule has 1 aliphatic carbocycles. The Balaban J connectivity index is 2.47. The van der Waals surface area contributed by atoms with Gasteiger partial charge in [0.2, 0.25) is 0 Å². The molecular formula is C12H20F3NO3.